The van der Waals surface area contributed by atoms with Crippen LogP contribution in [0.25, 0.3) is 0 Å². The minimum Gasteiger partial charge on any atom is -0.224 e. The van der Waals surface area contributed by atoms with E-state index in [4.69, 9.17) is 10.7 Å². The van der Waals surface area contributed by atoms with Crippen molar-refractivity contribution in [2.75, 3.05) is 6.26 Å². The highest BCUT2D eigenvalue weighted by Crippen LogP contribution is 2.21. The van der Waals surface area contributed by atoms with Crippen molar-refractivity contribution in [2.24, 2.45) is 0 Å². The lowest BCUT2D eigenvalue weighted by molar-refractivity contribution is 0.599. The van der Waals surface area contributed by atoms with Gasteiger partial charge in [-0.3, -0.25) is 0 Å². The van der Waals surface area contributed by atoms with Crippen molar-refractivity contribution < 1.29 is 16.8 Å². The summed E-state index contributed by atoms with van der Waals surface area (Å²) in [5.41, 5.74) is 0.360. The highest BCUT2D eigenvalue weighted by Gasteiger charge is 2.15. The van der Waals surface area contributed by atoms with Gasteiger partial charge in [0.2, 0.25) is 0 Å². The summed E-state index contributed by atoms with van der Waals surface area (Å²) in [4.78, 5) is 0.000586. The molecule has 0 aliphatic rings. The SMILES string of the molecule is Cc1cc(S(=O)(=O)Cl)ccc1S(C)(=O)=O. The lowest BCUT2D eigenvalue weighted by Gasteiger charge is -2.04. The molecule has 4 nitrogen and oxygen atoms in total. The Morgan fingerprint density at radius 3 is 2.00 bits per heavy atom. The molecule has 0 aromatic heterocycles. The summed E-state index contributed by atoms with van der Waals surface area (Å²) in [5.74, 6) is 0. The fourth-order valence-corrected chi connectivity index (χ4v) is 2.98. The van der Waals surface area contributed by atoms with Crippen LogP contribution < -0.4 is 0 Å². The van der Waals surface area contributed by atoms with Gasteiger partial charge in [0.25, 0.3) is 9.05 Å². The zero-order chi connectivity index (χ0) is 11.9. The van der Waals surface area contributed by atoms with E-state index in [0.717, 1.165) is 6.26 Å². The average molecular weight is 269 g/mol. The normalized spacial score (nSPS) is 12.7. The first-order valence-electron chi connectivity index (χ1n) is 3.88. The molecule has 0 bridgehead atoms. The molecule has 0 aliphatic heterocycles. The van der Waals surface area contributed by atoms with Crippen molar-refractivity contribution in [1.82, 2.24) is 0 Å². The Bertz CT molecular complexity index is 587. The Morgan fingerprint density at radius 1 is 1.13 bits per heavy atom. The van der Waals surface area contributed by atoms with Crippen LogP contribution in [-0.4, -0.2) is 23.1 Å². The Labute approximate surface area is 93.2 Å². The first-order chi connectivity index (χ1) is 6.62. The quantitative estimate of drug-likeness (QED) is 0.759. The van der Waals surface area contributed by atoms with Gasteiger partial charge in [0.05, 0.1) is 9.79 Å². The van der Waals surface area contributed by atoms with Crippen LogP contribution >= 0.6 is 10.7 Å². The lowest BCUT2D eigenvalue weighted by Crippen LogP contribution is -2.01. The van der Waals surface area contributed by atoms with Crippen molar-refractivity contribution in [3.8, 4) is 0 Å². The van der Waals surface area contributed by atoms with Crippen LogP contribution in [0, 0.1) is 6.92 Å². The molecule has 0 fully saturated rings. The van der Waals surface area contributed by atoms with Crippen LogP contribution in [0.4, 0.5) is 0 Å². The molecule has 0 N–H and O–H groups in total. The molecule has 1 aromatic rings. The third-order valence-electron chi connectivity index (χ3n) is 1.83. The number of halogens is 1. The van der Waals surface area contributed by atoms with Crippen LogP contribution in [0.5, 0.6) is 0 Å². The topological polar surface area (TPSA) is 68.3 Å². The Hall–Kier alpha value is -0.590. The molecular weight excluding hydrogens is 260 g/mol. The van der Waals surface area contributed by atoms with Gasteiger partial charge < -0.3 is 0 Å². The van der Waals surface area contributed by atoms with Crippen molar-refractivity contribution in [2.45, 2.75) is 16.7 Å². The van der Waals surface area contributed by atoms with Crippen LogP contribution in [0.2, 0.25) is 0 Å². The molecule has 0 radical (unpaired) electrons. The molecule has 84 valence electrons. The monoisotopic (exact) mass is 268 g/mol. The van der Waals surface area contributed by atoms with Gasteiger partial charge >= 0.3 is 0 Å². The Morgan fingerprint density at radius 2 is 1.67 bits per heavy atom. The van der Waals surface area contributed by atoms with E-state index in [1.54, 1.807) is 0 Å². The second-order valence-electron chi connectivity index (χ2n) is 3.14. The molecule has 1 aromatic carbocycles. The Balaban J connectivity index is 3.47. The van der Waals surface area contributed by atoms with Crippen LogP contribution in [-0.2, 0) is 18.9 Å². The largest absolute Gasteiger partial charge is 0.261 e. The van der Waals surface area contributed by atoms with Gasteiger partial charge in [-0.1, -0.05) is 0 Å². The molecule has 1 rings (SSSR count). The molecule has 0 saturated carbocycles. The number of benzene rings is 1. The van der Waals surface area contributed by atoms with E-state index in [2.05, 4.69) is 0 Å². The molecule has 0 saturated heterocycles. The number of sulfone groups is 1. The summed E-state index contributed by atoms with van der Waals surface area (Å²) in [6, 6.07) is 3.64. The molecule has 7 heteroatoms. The third kappa shape index (κ3) is 2.93. The van der Waals surface area contributed by atoms with E-state index >= 15 is 0 Å². The fourth-order valence-electron chi connectivity index (χ4n) is 1.19. The van der Waals surface area contributed by atoms with Crippen molar-refractivity contribution in [1.29, 1.82) is 0 Å². The Kier molecular flexibility index (Phi) is 3.14. The van der Waals surface area contributed by atoms with E-state index in [-0.39, 0.29) is 9.79 Å². The zero-order valence-electron chi connectivity index (χ0n) is 8.06. The van der Waals surface area contributed by atoms with Gasteiger partial charge in [0, 0.05) is 16.9 Å². The van der Waals surface area contributed by atoms with Gasteiger partial charge in [0.1, 0.15) is 0 Å². The molecule has 0 amide bonds. The summed E-state index contributed by atoms with van der Waals surface area (Å²) < 4.78 is 44.4. The molecule has 0 aliphatic carbocycles. The summed E-state index contributed by atoms with van der Waals surface area (Å²) in [6.45, 7) is 1.52. The van der Waals surface area contributed by atoms with E-state index in [9.17, 15) is 16.8 Å². The maximum absolute atomic E-state index is 11.2. The predicted molar refractivity (Wildman–Crippen MR) is 57.3 cm³/mol. The lowest BCUT2D eigenvalue weighted by atomic mass is 10.2. The van der Waals surface area contributed by atoms with Crippen LogP contribution in [0.1, 0.15) is 5.56 Å². The number of rotatable bonds is 2. The fraction of sp³-hybridized carbons (Fsp3) is 0.250. The maximum Gasteiger partial charge on any atom is 0.261 e. The summed E-state index contributed by atoms with van der Waals surface area (Å²) in [6.07, 6.45) is 1.06. The van der Waals surface area contributed by atoms with E-state index in [0.29, 0.717) is 5.56 Å². The second kappa shape index (κ2) is 3.77. The van der Waals surface area contributed by atoms with Gasteiger partial charge in [-0.15, -0.1) is 0 Å². The standard InChI is InChI=1S/C8H9ClO4S2/c1-6-5-7(15(9,12)13)3-4-8(6)14(2,10)11/h3-5H,1-2H3. The van der Waals surface area contributed by atoms with Gasteiger partial charge in [0.15, 0.2) is 9.84 Å². The minimum atomic E-state index is -3.81. The van der Waals surface area contributed by atoms with Gasteiger partial charge in [-0.25, -0.2) is 16.8 Å². The molecule has 15 heavy (non-hydrogen) atoms. The minimum absolute atomic E-state index is 0.103. The van der Waals surface area contributed by atoms with Gasteiger partial charge in [-0.05, 0) is 30.7 Å². The first kappa shape index (κ1) is 12.5. The van der Waals surface area contributed by atoms with Crippen molar-refractivity contribution >= 4 is 29.6 Å². The van der Waals surface area contributed by atoms with Crippen LogP contribution in [0.3, 0.4) is 0 Å². The number of aryl methyl sites for hydroxylation is 1. The molecule has 0 atom stereocenters. The number of hydrogen-bond donors (Lipinski definition) is 0. The average Bonchev–Trinajstić information content (AvgIpc) is 1.99. The highest BCUT2D eigenvalue weighted by molar-refractivity contribution is 8.13. The van der Waals surface area contributed by atoms with E-state index in [1.807, 2.05) is 0 Å². The van der Waals surface area contributed by atoms with Crippen molar-refractivity contribution in [3.63, 3.8) is 0 Å². The molecule has 0 heterocycles. The zero-order valence-corrected chi connectivity index (χ0v) is 10.4. The highest BCUT2D eigenvalue weighted by atomic mass is 35.7. The third-order valence-corrected chi connectivity index (χ3v) is 4.44. The summed E-state index contributed by atoms with van der Waals surface area (Å²) >= 11 is 0. The van der Waals surface area contributed by atoms with Gasteiger partial charge in [-0.2, -0.15) is 0 Å². The summed E-state index contributed by atoms with van der Waals surface area (Å²) in [7, 11) is -2.02. The smallest absolute Gasteiger partial charge is 0.224 e. The maximum atomic E-state index is 11.2. The second-order valence-corrected chi connectivity index (χ2v) is 7.69. The first-order valence-corrected chi connectivity index (χ1v) is 8.08. The molecule has 0 unspecified atom stereocenters. The van der Waals surface area contributed by atoms with E-state index < -0.39 is 18.9 Å². The van der Waals surface area contributed by atoms with E-state index in [1.165, 1.54) is 25.1 Å². The summed E-state index contributed by atoms with van der Waals surface area (Å²) in [5, 5.41) is 0. The number of hydrogen-bond acceptors (Lipinski definition) is 4. The molecule has 0 spiro atoms. The molecular formula is C8H9ClO4S2. The van der Waals surface area contributed by atoms with Crippen LogP contribution in [0.15, 0.2) is 28.0 Å². The predicted octanol–water partition coefficient (Wildman–Crippen LogP) is 1.33. The van der Waals surface area contributed by atoms with Crippen molar-refractivity contribution in [3.05, 3.63) is 23.8 Å².